The number of carbonyl (C=O) groups is 1. The van der Waals surface area contributed by atoms with Gasteiger partial charge in [-0.05, 0) is 63.1 Å². The smallest absolute Gasteiger partial charge is 0.263 e. The van der Waals surface area contributed by atoms with Crippen LogP contribution in [0, 0.1) is 12.8 Å². The molecule has 4 heterocycles. The van der Waals surface area contributed by atoms with Crippen molar-refractivity contribution < 1.29 is 14.3 Å². The zero-order chi connectivity index (χ0) is 27.5. The molecule has 0 aromatic carbocycles. The number of nitrogens with zero attached hydrogens (tertiary/aromatic N) is 5. The van der Waals surface area contributed by atoms with Crippen LogP contribution in [0.1, 0.15) is 73.8 Å². The third-order valence-corrected chi connectivity index (χ3v) is 8.27. The number of piperidine rings is 1. The molecule has 208 valence electrons. The Morgan fingerprint density at radius 2 is 1.79 bits per heavy atom. The molecule has 0 bridgehead atoms. The number of carbonyl (C=O) groups excluding carboxylic acids is 1. The first kappa shape index (κ1) is 27.2. The van der Waals surface area contributed by atoms with Crippen LogP contribution in [0.4, 0.5) is 17.5 Å². The van der Waals surface area contributed by atoms with Crippen LogP contribution >= 0.6 is 0 Å². The van der Waals surface area contributed by atoms with Crippen molar-refractivity contribution in [1.29, 1.82) is 0 Å². The van der Waals surface area contributed by atoms with Crippen molar-refractivity contribution >= 4 is 34.3 Å². The zero-order valence-corrected chi connectivity index (χ0v) is 23.3. The summed E-state index contributed by atoms with van der Waals surface area (Å²) >= 11 is 0. The lowest BCUT2D eigenvalue weighted by molar-refractivity contribution is -0.115. The molecule has 1 saturated heterocycles. The molecule has 1 aliphatic heterocycles. The molecular weight excluding hydrogens is 496 g/mol. The predicted molar refractivity (Wildman–Crippen MR) is 151 cm³/mol. The van der Waals surface area contributed by atoms with Gasteiger partial charge in [0.05, 0.1) is 17.4 Å². The summed E-state index contributed by atoms with van der Waals surface area (Å²) in [5.41, 5.74) is 2.26. The van der Waals surface area contributed by atoms with Crippen molar-refractivity contribution in [2.75, 3.05) is 37.5 Å². The monoisotopic (exact) mass is 534 g/mol. The van der Waals surface area contributed by atoms with E-state index < -0.39 is 0 Å². The fourth-order valence-electron chi connectivity index (χ4n) is 6.06. The van der Waals surface area contributed by atoms with Gasteiger partial charge < -0.3 is 19.7 Å². The number of rotatable bonds is 9. The van der Waals surface area contributed by atoms with Crippen LogP contribution in [-0.2, 0) is 9.47 Å². The Morgan fingerprint density at radius 1 is 1.08 bits per heavy atom. The summed E-state index contributed by atoms with van der Waals surface area (Å²) in [4.78, 5) is 42.0. The maximum atomic E-state index is 13.4. The average molecular weight is 535 g/mol. The van der Waals surface area contributed by atoms with Crippen LogP contribution in [0.5, 0.6) is 0 Å². The van der Waals surface area contributed by atoms with Gasteiger partial charge in [0.25, 0.3) is 5.56 Å². The largest absolute Gasteiger partial charge is 0.370 e. The highest BCUT2D eigenvalue weighted by molar-refractivity contribution is 5.99. The van der Waals surface area contributed by atoms with E-state index in [1.165, 1.54) is 6.92 Å². The fourth-order valence-corrected chi connectivity index (χ4v) is 6.06. The van der Waals surface area contributed by atoms with Crippen molar-refractivity contribution in [1.82, 2.24) is 19.5 Å². The molecule has 10 heteroatoms. The van der Waals surface area contributed by atoms with E-state index in [-0.39, 0.29) is 29.2 Å². The second-order valence-corrected chi connectivity index (χ2v) is 10.7. The second kappa shape index (κ2) is 11.8. The Balaban J connectivity index is 1.34. The third-order valence-electron chi connectivity index (χ3n) is 8.27. The lowest BCUT2D eigenvalue weighted by atomic mass is 9.93. The van der Waals surface area contributed by atoms with Gasteiger partial charge in [0.2, 0.25) is 5.95 Å². The molecule has 1 aliphatic carbocycles. The standard InChI is InChI=1S/C29H38N6O4/c1-18-23-17-31-29(33-27(23)35(21-7-5-6-8-21)28(37)26(18)19(2)36)32-24-10-9-22(16-30-24)34-13-11-20(12-14-34)15-25(38-3)39-4/h9-10,16-17,20-21,25H,5-8,11-15H2,1-4H3,(H,30,31,32,33). The maximum absolute atomic E-state index is 13.4. The van der Waals surface area contributed by atoms with Gasteiger partial charge in [-0.1, -0.05) is 12.8 Å². The molecule has 0 atom stereocenters. The number of hydrogen-bond donors (Lipinski definition) is 1. The lowest BCUT2D eigenvalue weighted by Gasteiger charge is -2.34. The zero-order valence-electron chi connectivity index (χ0n) is 23.3. The minimum Gasteiger partial charge on any atom is -0.370 e. The van der Waals surface area contributed by atoms with Crippen molar-refractivity contribution in [3.05, 3.63) is 46.0 Å². The second-order valence-electron chi connectivity index (χ2n) is 10.7. The summed E-state index contributed by atoms with van der Waals surface area (Å²) in [6.07, 6.45) is 10.4. The van der Waals surface area contributed by atoms with Gasteiger partial charge in [0.15, 0.2) is 12.1 Å². The topological polar surface area (TPSA) is 111 Å². The molecule has 0 radical (unpaired) electrons. The fraction of sp³-hybridized carbons (Fsp3) is 0.552. The summed E-state index contributed by atoms with van der Waals surface area (Å²) in [6.45, 7) is 5.17. The number of anilines is 3. The highest BCUT2D eigenvalue weighted by Gasteiger charge is 2.26. The normalized spacial score (nSPS) is 16.9. The van der Waals surface area contributed by atoms with Crippen molar-refractivity contribution in [3.8, 4) is 0 Å². The third kappa shape index (κ3) is 5.67. The molecule has 39 heavy (non-hydrogen) atoms. The summed E-state index contributed by atoms with van der Waals surface area (Å²) in [6, 6.07) is 4.02. The maximum Gasteiger partial charge on any atom is 0.263 e. The Labute approximate surface area is 228 Å². The summed E-state index contributed by atoms with van der Waals surface area (Å²) in [5, 5.41) is 3.93. The Kier molecular flexibility index (Phi) is 8.23. The van der Waals surface area contributed by atoms with Gasteiger partial charge in [-0.3, -0.25) is 14.2 Å². The van der Waals surface area contributed by atoms with Crippen LogP contribution in [-0.4, -0.2) is 58.9 Å². The number of aromatic nitrogens is 4. The molecule has 0 amide bonds. The number of aryl methyl sites for hydroxylation is 1. The highest BCUT2D eigenvalue weighted by Crippen LogP contribution is 2.32. The summed E-state index contributed by atoms with van der Waals surface area (Å²) < 4.78 is 12.5. The van der Waals surface area contributed by atoms with Gasteiger partial charge in [0, 0.05) is 51.4 Å². The first-order valence-electron chi connectivity index (χ1n) is 13.9. The van der Waals surface area contributed by atoms with Crippen molar-refractivity contribution in [2.45, 2.75) is 71.1 Å². The highest BCUT2D eigenvalue weighted by atomic mass is 16.7. The number of ether oxygens (including phenoxy) is 2. The molecule has 0 spiro atoms. The number of nitrogens with one attached hydrogen (secondary N) is 1. The minimum atomic E-state index is -0.254. The number of ketones is 1. The molecular formula is C29H38N6O4. The molecule has 1 saturated carbocycles. The first-order chi connectivity index (χ1) is 18.9. The van der Waals surface area contributed by atoms with E-state index >= 15 is 0 Å². The van der Waals surface area contributed by atoms with Crippen LogP contribution in [0.2, 0.25) is 0 Å². The van der Waals surface area contributed by atoms with E-state index in [2.05, 4.69) is 26.3 Å². The first-order valence-corrected chi connectivity index (χ1v) is 13.9. The number of fused-ring (bicyclic) bond motifs is 1. The molecule has 3 aromatic heterocycles. The average Bonchev–Trinajstić information content (AvgIpc) is 3.47. The van der Waals surface area contributed by atoms with Gasteiger partial charge in [-0.2, -0.15) is 4.98 Å². The van der Waals surface area contributed by atoms with E-state index in [9.17, 15) is 9.59 Å². The Morgan fingerprint density at radius 3 is 2.41 bits per heavy atom. The summed E-state index contributed by atoms with van der Waals surface area (Å²) in [7, 11) is 3.38. The predicted octanol–water partition coefficient (Wildman–Crippen LogP) is 4.78. The van der Waals surface area contributed by atoms with Gasteiger partial charge in [-0.25, -0.2) is 9.97 Å². The van der Waals surface area contributed by atoms with Crippen LogP contribution < -0.4 is 15.8 Å². The molecule has 2 aliphatic rings. The Bertz CT molecular complexity index is 1370. The van der Waals surface area contributed by atoms with E-state index in [1.54, 1.807) is 31.9 Å². The Hall–Kier alpha value is -3.37. The number of pyridine rings is 2. The van der Waals surface area contributed by atoms with Crippen LogP contribution in [0.25, 0.3) is 11.0 Å². The van der Waals surface area contributed by atoms with Gasteiger partial charge in [-0.15, -0.1) is 0 Å². The summed E-state index contributed by atoms with van der Waals surface area (Å²) in [5.74, 6) is 1.36. The SMILES string of the molecule is COC(CC1CCN(c2ccc(Nc3ncc4c(C)c(C(C)=O)c(=O)n(C5CCCC5)c4n3)nc2)CC1)OC. The molecule has 0 unspecified atom stereocenters. The minimum absolute atomic E-state index is 0.0397. The molecule has 5 rings (SSSR count). The van der Waals surface area contributed by atoms with Gasteiger partial charge >= 0.3 is 0 Å². The molecule has 2 fully saturated rings. The number of methoxy groups -OCH3 is 2. The quantitative estimate of drug-likeness (QED) is 0.306. The molecule has 3 aromatic rings. The van der Waals surface area contributed by atoms with Crippen molar-refractivity contribution in [2.24, 2.45) is 5.92 Å². The van der Waals surface area contributed by atoms with Crippen molar-refractivity contribution in [3.63, 3.8) is 0 Å². The van der Waals surface area contributed by atoms with E-state index in [4.69, 9.17) is 14.5 Å². The lowest BCUT2D eigenvalue weighted by Crippen LogP contribution is -2.35. The molecule has 1 N–H and O–H groups in total. The van der Waals surface area contributed by atoms with E-state index in [0.29, 0.717) is 28.9 Å². The molecule has 10 nitrogen and oxygen atoms in total. The van der Waals surface area contributed by atoms with Crippen LogP contribution in [0.3, 0.4) is 0 Å². The van der Waals surface area contributed by atoms with Gasteiger partial charge in [0.1, 0.15) is 11.5 Å². The van der Waals surface area contributed by atoms with E-state index in [1.807, 2.05) is 12.3 Å². The number of hydrogen-bond acceptors (Lipinski definition) is 9. The van der Waals surface area contributed by atoms with E-state index in [0.717, 1.165) is 69.1 Å². The number of Topliss-reactive ketones (excluding diaryl/α,β-unsaturated/α-hetero) is 1. The van der Waals surface area contributed by atoms with Crippen LogP contribution in [0.15, 0.2) is 29.3 Å².